The van der Waals surface area contributed by atoms with Crippen molar-refractivity contribution in [1.82, 2.24) is 0 Å². The molecule has 0 aliphatic heterocycles. The van der Waals surface area contributed by atoms with Gasteiger partial charge in [-0.25, -0.2) is 0 Å². The summed E-state index contributed by atoms with van der Waals surface area (Å²) in [5, 5.41) is 10.1. The molecular formula is C17H27NO2. The standard InChI is InChI=1S/C17H27NO2/c1-12-9-15(13(2)18)7-8-17(12)20-11-16(19)10-14-5-3-4-6-14/h7-9,13-14,16,19H,3-6,10-11,18H2,1-2H3/t13-,16?/m1/s1. The number of aliphatic hydroxyl groups is 1. The Morgan fingerprint density at radius 2 is 2.05 bits per heavy atom. The van der Waals surface area contributed by atoms with Gasteiger partial charge >= 0.3 is 0 Å². The van der Waals surface area contributed by atoms with E-state index in [1.54, 1.807) is 0 Å². The van der Waals surface area contributed by atoms with Crippen molar-refractivity contribution in [2.45, 2.75) is 58.1 Å². The summed E-state index contributed by atoms with van der Waals surface area (Å²) in [6, 6.07) is 6.05. The molecule has 0 heterocycles. The average molecular weight is 277 g/mol. The van der Waals surface area contributed by atoms with Gasteiger partial charge < -0.3 is 15.6 Å². The minimum Gasteiger partial charge on any atom is -0.491 e. The molecule has 2 atom stereocenters. The zero-order valence-electron chi connectivity index (χ0n) is 12.6. The maximum absolute atomic E-state index is 10.1. The zero-order chi connectivity index (χ0) is 14.5. The van der Waals surface area contributed by atoms with E-state index in [4.69, 9.17) is 10.5 Å². The number of benzene rings is 1. The van der Waals surface area contributed by atoms with Crippen LogP contribution in [0.5, 0.6) is 5.75 Å². The molecule has 0 radical (unpaired) electrons. The monoisotopic (exact) mass is 277 g/mol. The van der Waals surface area contributed by atoms with Crippen molar-refractivity contribution >= 4 is 0 Å². The molecule has 3 N–H and O–H groups in total. The number of rotatable bonds is 6. The van der Waals surface area contributed by atoms with Gasteiger partial charge in [0.15, 0.2) is 0 Å². The highest BCUT2D eigenvalue weighted by Crippen LogP contribution is 2.29. The van der Waals surface area contributed by atoms with E-state index >= 15 is 0 Å². The Bertz CT molecular complexity index is 425. The molecule has 0 saturated heterocycles. The van der Waals surface area contributed by atoms with Gasteiger partial charge in [0, 0.05) is 6.04 Å². The van der Waals surface area contributed by atoms with Crippen molar-refractivity contribution < 1.29 is 9.84 Å². The van der Waals surface area contributed by atoms with Crippen LogP contribution in [0.3, 0.4) is 0 Å². The Morgan fingerprint density at radius 3 is 2.65 bits per heavy atom. The molecule has 3 heteroatoms. The smallest absolute Gasteiger partial charge is 0.122 e. The molecular weight excluding hydrogens is 250 g/mol. The molecule has 2 rings (SSSR count). The van der Waals surface area contributed by atoms with Crippen LogP contribution in [-0.2, 0) is 0 Å². The van der Waals surface area contributed by atoms with Crippen molar-refractivity contribution in [3.63, 3.8) is 0 Å². The topological polar surface area (TPSA) is 55.5 Å². The summed E-state index contributed by atoms with van der Waals surface area (Å²) in [6.45, 7) is 4.38. The number of hydrogen-bond donors (Lipinski definition) is 2. The fourth-order valence-corrected chi connectivity index (χ4v) is 3.00. The Hall–Kier alpha value is -1.06. The van der Waals surface area contributed by atoms with Crippen LogP contribution in [0.2, 0.25) is 0 Å². The minimum absolute atomic E-state index is 0.0377. The molecule has 3 nitrogen and oxygen atoms in total. The van der Waals surface area contributed by atoms with Crippen LogP contribution in [0.4, 0.5) is 0 Å². The van der Waals surface area contributed by atoms with Crippen LogP contribution in [0.25, 0.3) is 0 Å². The van der Waals surface area contributed by atoms with Crippen molar-refractivity contribution in [2.24, 2.45) is 11.7 Å². The summed E-state index contributed by atoms with van der Waals surface area (Å²) in [5.74, 6) is 1.54. The second kappa shape index (κ2) is 7.09. The predicted octanol–water partition coefficient (Wildman–Crippen LogP) is 3.33. The lowest BCUT2D eigenvalue weighted by Gasteiger charge is -2.17. The Balaban J connectivity index is 1.83. The van der Waals surface area contributed by atoms with E-state index < -0.39 is 0 Å². The first-order valence-corrected chi connectivity index (χ1v) is 7.73. The molecule has 1 aromatic rings. The lowest BCUT2D eigenvalue weighted by atomic mass is 10.0. The van der Waals surface area contributed by atoms with E-state index in [-0.39, 0.29) is 12.1 Å². The molecule has 1 saturated carbocycles. The predicted molar refractivity (Wildman–Crippen MR) is 81.9 cm³/mol. The molecule has 1 fully saturated rings. The molecule has 0 spiro atoms. The van der Waals surface area contributed by atoms with Gasteiger partial charge in [-0.1, -0.05) is 37.8 Å². The third-order valence-electron chi connectivity index (χ3n) is 4.24. The summed E-state index contributed by atoms with van der Waals surface area (Å²) in [5.41, 5.74) is 8.05. The van der Waals surface area contributed by atoms with Crippen LogP contribution < -0.4 is 10.5 Å². The van der Waals surface area contributed by atoms with Crippen LogP contribution in [0, 0.1) is 12.8 Å². The second-order valence-corrected chi connectivity index (χ2v) is 6.16. The van der Waals surface area contributed by atoms with E-state index in [0.29, 0.717) is 12.5 Å². The first-order chi connectivity index (χ1) is 9.56. The summed E-state index contributed by atoms with van der Waals surface area (Å²) in [7, 11) is 0. The van der Waals surface area contributed by atoms with Crippen LogP contribution in [0.1, 0.15) is 56.2 Å². The summed E-state index contributed by atoms with van der Waals surface area (Å²) >= 11 is 0. The molecule has 1 unspecified atom stereocenters. The van der Waals surface area contributed by atoms with Gasteiger partial charge in [-0.15, -0.1) is 0 Å². The molecule has 1 aliphatic rings. The first-order valence-electron chi connectivity index (χ1n) is 7.73. The maximum atomic E-state index is 10.1. The van der Waals surface area contributed by atoms with Gasteiger partial charge in [-0.2, -0.15) is 0 Å². The number of aliphatic hydroxyl groups excluding tert-OH is 1. The fraction of sp³-hybridized carbons (Fsp3) is 0.647. The van der Waals surface area contributed by atoms with Gasteiger partial charge in [0.2, 0.25) is 0 Å². The third-order valence-corrected chi connectivity index (χ3v) is 4.24. The van der Waals surface area contributed by atoms with Crippen molar-refractivity contribution in [1.29, 1.82) is 0 Å². The molecule has 112 valence electrons. The summed E-state index contributed by atoms with van der Waals surface area (Å²) < 4.78 is 5.75. The number of aryl methyl sites for hydroxylation is 1. The number of hydrogen-bond acceptors (Lipinski definition) is 3. The SMILES string of the molecule is Cc1cc([C@@H](C)N)ccc1OCC(O)CC1CCCC1. The van der Waals surface area contributed by atoms with Crippen LogP contribution in [0.15, 0.2) is 18.2 Å². The van der Waals surface area contributed by atoms with E-state index in [0.717, 1.165) is 23.3 Å². The molecule has 0 amide bonds. The quantitative estimate of drug-likeness (QED) is 0.838. The molecule has 0 bridgehead atoms. The van der Waals surface area contributed by atoms with Crippen LogP contribution >= 0.6 is 0 Å². The lowest BCUT2D eigenvalue weighted by molar-refractivity contribution is 0.0852. The highest BCUT2D eigenvalue weighted by molar-refractivity contribution is 5.37. The molecule has 1 aliphatic carbocycles. The van der Waals surface area contributed by atoms with Gasteiger partial charge in [-0.3, -0.25) is 0 Å². The number of ether oxygens (including phenoxy) is 1. The minimum atomic E-state index is -0.356. The maximum Gasteiger partial charge on any atom is 0.122 e. The fourth-order valence-electron chi connectivity index (χ4n) is 3.00. The normalized spacial score (nSPS) is 19.0. The second-order valence-electron chi connectivity index (χ2n) is 6.16. The van der Waals surface area contributed by atoms with Gasteiger partial charge in [0.25, 0.3) is 0 Å². The van der Waals surface area contributed by atoms with Gasteiger partial charge in [0.1, 0.15) is 12.4 Å². The van der Waals surface area contributed by atoms with Crippen molar-refractivity contribution in [3.05, 3.63) is 29.3 Å². The summed E-state index contributed by atoms with van der Waals surface area (Å²) in [4.78, 5) is 0. The first kappa shape index (κ1) is 15.3. The third kappa shape index (κ3) is 4.22. The number of nitrogens with two attached hydrogens (primary N) is 1. The largest absolute Gasteiger partial charge is 0.491 e. The van der Waals surface area contributed by atoms with E-state index in [9.17, 15) is 5.11 Å². The molecule has 20 heavy (non-hydrogen) atoms. The Morgan fingerprint density at radius 1 is 1.35 bits per heavy atom. The summed E-state index contributed by atoms with van der Waals surface area (Å²) in [6.07, 6.45) is 5.67. The highest BCUT2D eigenvalue weighted by Gasteiger charge is 2.19. The Kier molecular flexibility index (Phi) is 5.44. The van der Waals surface area contributed by atoms with E-state index in [2.05, 4.69) is 6.07 Å². The van der Waals surface area contributed by atoms with E-state index in [1.807, 2.05) is 26.0 Å². The highest BCUT2D eigenvalue weighted by atomic mass is 16.5. The van der Waals surface area contributed by atoms with Gasteiger partial charge in [0.05, 0.1) is 6.10 Å². The lowest BCUT2D eigenvalue weighted by Crippen LogP contribution is -2.20. The zero-order valence-corrected chi connectivity index (χ0v) is 12.6. The van der Waals surface area contributed by atoms with E-state index in [1.165, 1.54) is 25.7 Å². The van der Waals surface area contributed by atoms with Crippen molar-refractivity contribution in [3.8, 4) is 5.75 Å². The van der Waals surface area contributed by atoms with Gasteiger partial charge in [-0.05, 0) is 43.4 Å². The molecule has 1 aromatic carbocycles. The van der Waals surface area contributed by atoms with Crippen LogP contribution in [-0.4, -0.2) is 17.8 Å². The average Bonchev–Trinajstić information content (AvgIpc) is 2.90. The molecule has 0 aromatic heterocycles. The Labute approximate surface area is 122 Å². The van der Waals surface area contributed by atoms with Crippen molar-refractivity contribution in [2.75, 3.05) is 6.61 Å².